The van der Waals surface area contributed by atoms with Crippen molar-refractivity contribution in [1.29, 1.82) is 0 Å². The highest BCUT2D eigenvalue weighted by molar-refractivity contribution is 5.93. The lowest BCUT2D eigenvalue weighted by Crippen LogP contribution is -2.12. The van der Waals surface area contributed by atoms with Gasteiger partial charge in [-0.05, 0) is 58.2 Å². The zero-order valence-corrected chi connectivity index (χ0v) is 23.3. The van der Waals surface area contributed by atoms with E-state index in [1.165, 1.54) is 50.2 Å². The second kappa shape index (κ2) is 16.7. The molecule has 0 amide bonds. The van der Waals surface area contributed by atoms with Crippen molar-refractivity contribution in [1.82, 2.24) is 0 Å². The monoisotopic (exact) mass is 512 g/mol. The summed E-state index contributed by atoms with van der Waals surface area (Å²) in [6.07, 6.45) is 15.4. The average Bonchev–Trinajstić information content (AvgIpc) is 2.83. The van der Waals surface area contributed by atoms with Crippen LogP contribution in [0.25, 0.3) is 11.0 Å². The molecule has 2 rings (SSSR count). The molecule has 1 heterocycles. The Balaban J connectivity index is 2.19. The number of hydrogen-bond acceptors (Lipinski definition) is 6. The smallest absolute Gasteiger partial charge is 0.383 e. The van der Waals surface area contributed by atoms with Gasteiger partial charge in [-0.3, -0.25) is 4.79 Å². The highest BCUT2D eigenvalue weighted by atomic mass is 16.5. The summed E-state index contributed by atoms with van der Waals surface area (Å²) >= 11 is 0. The molecule has 0 N–H and O–H groups in total. The minimum Gasteiger partial charge on any atom is -0.489 e. The highest BCUT2D eigenvalue weighted by Gasteiger charge is 2.21. The number of allylic oxidation sites excluding steroid dienone is 3. The molecular weight excluding hydrogens is 468 g/mol. The zero-order chi connectivity index (χ0) is 27.0. The Kier molecular flexibility index (Phi) is 13.6. The molecule has 0 aliphatic heterocycles. The Morgan fingerprint density at radius 2 is 1.59 bits per heavy atom. The van der Waals surface area contributed by atoms with Crippen molar-refractivity contribution < 1.29 is 23.4 Å². The van der Waals surface area contributed by atoms with Gasteiger partial charge in [0.25, 0.3) is 0 Å². The summed E-state index contributed by atoms with van der Waals surface area (Å²) in [6.45, 7) is 10.4. The van der Waals surface area contributed by atoms with Gasteiger partial charge in [-0.1, -0.05) is 75.2 Å². The van der Waals surface area contributed by atoms with Crippen LogP contribution in [0.2, 0.25) is 0 Å². The van der Waals surface area contributed by atoms with Crippen molar-refractivity contribution >= 4 is 16.9 Å². The molecule has 0 saturated carbocycles. The van der Waals surface area contributed by atoms with Crippen molar-refractivity contribution in [3.8, 4) is 17.2 Å². The fourth-order valence-electron chi connectivity index (χ4n) is 4.04. The molecule has 0 bridgehead atoms. The number of rotatable bonds is 17. The molecule has 0 atom stereocenters. The number of hydrogen-bond donors (Lipinski definition) is 0. The van der Waals surface area contributed by atoms with E-state index in [0.717, 1.165) is 32.1 Å². The van der Waals surface area contributed by atoms with Gasteiger partial charge in [-0.2, -0.15) is 0 Å². The van der Waals surface area contributed by atoms with Crippen LogP contribution in [0.3, 0.4) is 0 Å². The molecule has 0 spiro atoms. The molecule has 0 radical (unpaired) electrons. The van der Waals surface area contributed by atoms with E-state index in [1.807, 2.05) is 13.0 Å². The number of carbonyl (C=O) groups is 1. The highest BCUT2D eigenvalue weighted by Crippen LogP contribution is 2.39. The standard InChI is InChI=1S/C31H44O6/c1-6-7-8-9-10-11-12-13-21-34-29-28-26(36-25(5)32)18-15-19-27(28)37-31(33)30(29)35-22-20-24(4)17-14-16-23(2)3/h15-16,18-20H,6-14,17,21-22H2,1-5H3. The van der Waals surface area contributed by atoms with Crippen LogP contribution in [-0.2, 0) is 4.79 Å². The Hall–Kier alpha value is -3.02. The fraction of sp³-hybridized carbons (Fsp3) is 0.548. The van der Waals surface area contributed by atoms with Crippen LogP contribution >= 0.6 is 0 Å². The minimum absolute atomic E-state index is 0.0000149. The molecule has 6 nitrogen and oxygen atoms in total. The van der Waals surface area contributed by atoms with Gasteiger partial charge >= 0.3 is 11.6 Å². The van der Waals surface area contributed by atoms with Crippen molar-refractivity contribution in [2.75, 3.05) is 13.2 Å². The van der Waals surface area contributed by atoms with Crippen LogP contribution in [0, 0.1) is 0 Å². The number of benzene rings is 1. The van der Waals surface area contributed by atoms with Crippen molar-refractivity contribution in [3.63, 3.8) is 0 Å². The van der Waals surface area contributed by atoms with Gasteiger partial charge < -0.3 is 18.6 Å². The number of fused-ring (bicyclic) bond motifs is 1. The molecule has 37 heavy (non-hydrogen) atoms. The van der Waals surface area contributed by atoms with E-state index in [2.05, 4.69) is 26.8 Å². The largest absolute Gasteiger partial charge is 0.489 e. The summed E-state index contributed by atoms with van der Waals surface area (Å²) in [5.41, 5.74) is 2.13. The summed E-state index contributed by atoms with van der Waals surface area (Å²) in [5.74, 6) is 0.0738. The molecule has 6 heteroatoms. The first-order valence-corrected chi connectivity index (χ1v) is 13.7. The van der Waals surface area contributed by atoms with E-state index >= 15 is 0 Å². The first-order valence-electron chi connectivity index (χ1n) is 13.7. The lowest BCUT2D eigenvalue weighted by molar-refractivity contribution is -0.131. The van der Waals surface area contributed by atoms with Crippen LogP contribution < -0.4 is 19.8 Å². The topological polar surface area (TPSA) is 75.0 Å². The Morgan fingerprint density at radius 1 is 0.892 bits per heavy atom. The Labute approximate surface area is 221 Å². The fourth-order valence-corrected chi connectivity index (χ4v) is 4.04. The lowest BCUT2D eigenvalue weighted by Gasteiger charge is -2.15. The molecule has 0 saturated heterocycles. The summed E-state index contributed by atoms with van der Waals surface area (Å²) < 4.78 is 23.0. The van der Waals surface area contributed by atoms with Crippen LogP contribution in [0.1, 0.15) is 98.8 Å². The van der Waals surface area contributed by atoms with Crippen LogP contribution in [0.5, 0.6) is 17.2 Å². The lowest BCUT2D eigenvalue weighted by atomic mass is 10.1. The van der Waals surface area contributed by atoms with Gasteiger partial charge in [-0.25, -0.2) is 4.79 Å². The van der Waals surface area contributed by atoms with E-state index in [-0.39, 0.29) is 29.4 Å². The molecule has 0 unspecified atom stereocenters. The van der Waals surface area contributed by atoms with E-state index in [0.29, 0.717) is 12.0 Å². The van der Waals surface area contributed by atoms with Gasteiger partial charge in [0.15, 0.2) is 5.75 Å². The minimum atomic E-state index is -0.617. The second-order valence-corrected chi connectivity index (χ2v) is 9.78. The van der Waals surface area contributed by atoms with Crippen LogP contribution in [0.4, 0.5) is 0 Å². The van der Waals surface area contributed by atoms with Gasteiger partial charge in [0, 0.05) is 6.92 Å². The number of esters is 1. The maximum atomic E-state index is 12.9. The third kappa shape index (κ3) is 10.9. The predicted octanol–water partition coefficient (Wildman–Crippen LogP) is 8.31. The predicted molar refractivity (Wildman–Crippen MR) is 150 cm³/mol. The maximum Gasteiger partial charge on any atom is 0.383 e. The molecule has 1 aromatic heterocycles. The van der Waals surface area contributed by atoms with Crippen LogP contribution in [-0.4, -0.2) is 19.2 Å². The van der Waals surface area contributed by atoms with Crippen LogP contribution in [0.15, 0.2) is 50.7 Å². The number of unbranched alkanes of at least 4 members (excludes halogenated alkanes) is 7. The van der Waals surface area contributed by atoms with Crippen molar-refractivity contribution in [2.24, 2.45) is 0 Å². The number of carbonyl (C=O) groups excluding carboxylic acids is 1. The number of ether oxygens (including phenoxy) is 3. The summed E-state index contributed by atoms with van der Waals surface area (Å²) in [6, 6.07) is 4.98. The Bertz CT molecular complexity index is 1100. The molecule has 0 aliphatic carbocycles. The third-order valence-electron chi connectivity index (χ3n) is 6.06. The third-order valence-corrected chi connectivity index (χ3v) is 6.06. The van der Waals surface area contributed by atoms with E-state index in [9.17, 15) is 9.59 Å². The maximum absolute atomic E-state index is 12.9. The molecule has 0 fully saturated rings. The van der Waals surface area contributed by atoms with E-state index in [4.69, 9.17) is 18.6 Å². The first-order chi connectivity index (χ1) is 17.8. The Morgan fingerprint density at radius 3 is 2.27 bits per heavy atom. The first kappa shape index (κ1) is 30.2. The van der Waals surface area contributed by atoms with Gasteiger partial charge in [0.05, 0.1) is 6.61 Å². The molecular formula is C31H44O6. The SMILES string of the molecule is CCCCCCCCCCOc1c(OCC=C(C)CCC=C(C)C)c(=O)oc2cccc(OC(C)=O)c12. The molecule has 0 aliphatic rings. The molecule has 2 aromatic rings. The summed E-state index contributed by atoms with van der Waals surface area (Å²) in [7, 11) is 0. The summed E-state index contributed by atoms with van der Waals surface area (Å²) in [4.78, 5) is 24.6. The normalized spacial score (nSPS) is 11.4. The van der Waals surface area contributed by atoms with Gasteiger partial charge in [0.2, 0.25) is 5.75 Å². The molecule has 1 aromatic carbocycles. The quantitative estimate of drug-likeness (QED) is 0.0697. The van der Waals surface area contributed by atoms with Crippen molar-refractivity contribution in [3.05, 3.63) is 51.9 Å². The average molecular weight is 513 g/mol. The van der Waals surface area contributed by atoms with E-state index < -0.39 is 11.6 Å². The van der Waals surface area contributed by atoms with Gasteiger partial charge in [0.1, 0.15) is 23.3 Å². The second-order valence-electron chi connectivity index (χ2n) is 9.78. The summed E-state index contributed by atoms with van der Waals surface area (Å²) in [5, 5.41) is 0.427. The zero-order valence-electron chi connectivity index (χ0n) is 23.3. The van der Waals surface area contributed by atoms with Gasteiger partial charge in [-0.15, -0.1) is 0 Å². The van der Waals surface area contributed by atoms with Crippen molar-refractivity contribution in [2.45, 2.75) is 98.8 Å². The molecule has 204 valence electrons. The van der Waals surface area contributed by atoms with E-state index in [1.54, 1.807) is 18.2 Å².